The van der Waals surface area contributed by atoms with Crippen LogP contribution in [0.1, 0.15) is 57.6 Å². The fourth-order valence-corrected chi connectivity index (χ4v) is 3.88. The van der Waals surface area contributed by atoms with Crippen molar-refractivity contribution in [2.75, 3.05) is 5.32 Å². The smallest absolute Gasteiger partial charge is 0.0853 e. The lowest BCUT2D eigenvalue weighted by Crippen LogP contribution is -2.50. The van der Waals surface area contributed by atoms with Gasteiger partial charge >= 0.3 is 0 Å². The molecule has 2 saturated carbocycles. The van der Waals surface area contributed by atoms with Gasteiger partial charge in [-0.2, -0.15) is 5.10 Å². The van der Waals surface area contributed by atoms with Crippen LogP contribution in [0.15, 0.2) is 6.20 Å². The maximum Gasteiger partial charge on any atom is 0.0853 e. The van der Waals surface area contributed by atoms with Gasteiger partial charge < -0.3 is 5.32 Å². The summed E-state index contributed by atoms with van der Waals surface area (Å²) in [6, 6.07) is 0.701. The van der Waals surface area contributed by atoms with E-state index >= 15 is 0 Å². The molecule has 1 atom stereocenters. The topological polar surface area (TPSA) is 29.9 Å². The third-order valence-electron chi connectivity index (χ3n) is 5.09. The minimum absolute atomic E-state index is 0.624. The van der Waals surface area contributed by atoms with Crippen LogP contribution < -0.4 is 5.32 Å². The summed E-state index contributed by atoms with van der Waals surface area (Å²) in [6.45, 7) is 2.19. The highest BCUT2D eigenvalue weighted by molar-refractivity contribution is 5.48. The van der Waals surface area contributed by atoms with E-state index in [-0.39, 0.29) is 0 Å². The summed E-state index contributed by atoms with van der Waals surface area (Å²) in [4.78, 5) is 0. The summed E-state index contributed by atoms with van der Waals surface area (Å²) in [5, 5.41) is 8.32. The van der Waals surface area contributed by atoms with E-state index in [9.17, 15) is 0 Å². The molecule has 0 aromatic carbocycles. The van der Waals surface area contributed by atoms with E-state index in [4.69, 9.17) is 0 Å². The molecule has 1 N–H and O–H groups in total. The molecular formula is C15H25N3. The monoisotopic (exact) mass is 247 g/mol. The molecule has 3 heteroatoms. The van der Waals surface area contributed by atoms with Gasteiger partial charge in [0.2, 0.25) is 0 Å². The van der Waals surface area contributed by atoms with E-state index in [1.807, 2.05) is 11.7 Å². The van der Waals surface area contributed by atoms with Crippen molar-refractivity contribution in [2.24, 2.45) is 12.5 Å². The minimum Gasteiger partial charge on any atom is -0.379 e. The molecule has 18 heavy (non-hydrogen) atoms. The zero-order valence-corrected chi connectivity index (χ0v) is 11.7. The molecule has 0 aliphatic heterocycles. The van der Waals surface area contributed by atoms with Crippen LogP contribution >= 0.6 is 0 Å². The fourth-order valence-electron chi connectivity index (χ4n) is 3.88. The van der Waals surface area contributed by atoms with E-state index in [0.717, 1.165) is 6.42 Å². The van der Waals surface area contributed by atoms with E-state index < -0.39 is 0 Å². The Bertz CT molecular complexity index is 415. The highest BCUT2D eigenvalue weighted by Gasteiger charge is 2.46. The third kappa shape index (κ3) is 1.94. The van der Waals surface area contributed by atoms with Crippen LogP contribution in [-0.2, 0) is 13.5 Å². The molecule has 0 amide bonds. The lowest BCUT2D eigenvalue weighted by molar-refractivity contribution is 0.0571. The Kier molecular flexibility index (Phi) is 3.08. The molecule has 1 aromatic heterocycles. The summed E-state index contributed by atoms with van der Waals surface area (Å²) < 4.78 is 1.94. The SMILES string of the molecule is CCc1nn(C)cc1NC1CCC12CCCCC2. The largest absolute Gasteiger partial charge is 0.379 e. The molecule has 3 nitrogen and oxygen atoms in total. The standard InChI is InChI=1S/C15H25N3/c1-3-12-13(11-18(2)17-12)16-14-7-10-15(14)8-5-4-6-9-15/h11,14,16H,3-10H2,1-2H3. The molecule has 1 spiro atoms. The molecule has 100 valence electrons. The highest BCUT2D eigenvalue weighted by Crippen LogP contribution is 2.52. The van der Waals surface area contributed by atoms with Crippen molar-refractivity contribution >= 4 is 5.69 Å². The molecule has 2 aliphatic rings. The second kappa shape index (κ2) is 4.60. The van der Waals surface area contributed by atoms with Gasteiger partial charge in [-0.3, -0.25) is 4.68 Å². The van der Waals surface area contributed by atoms with E-state index in [0.29, 0.717) is 11.5 Å². The van der Waals surface area contributed by atoms with Crippen LogP contribution in [0.4, 0.5) is 5.69 Å². The number of rotatable bonds is 3. The van der Waals surface area contributed by atoms with Gasteiger partial charge in [0.1, 0.15) is 0 Å². The molecular weight excluding hydrogens is 222 g/mol. The Morgan fingerprint density at radius 3 is 2.72 bits per heavy atom. The van der Waals surface area contributed by atoms with Gasteiger partial charge in [-0.15, -0.1) is 0 Å². The van der Waals surface area contributed by atoms with Gasteiger partial charge in [-0.1, -0.05) is 26.2 Å². The molecule has 3 rings (SSSR count). The van der Waals surface area contributed by atoms with Crippen molar-refractivity contribution < 1.29 is 0 Å². The zero-order valence-electron chi connectivity index (χ0n) is 11.7. The molecule has 0 saturated heterocycles. The lowest BCUT2D eigenvalue weighted by atomic mass is 9.57. The average molecular weight is 247 g/mol. The Morgan fingerprint density at radius 1 is 1.33 bits per heavy atom. The van der Waals surface area contributed by atoms with Crippen molar-refractivity contribution in [1.82, 2.24) is 9.78 Å². The first kappa shape index (κ1) is 12.1. The van der Waals surface area contributed by atoms with Crippen LogP contribution in [0.2, 0.25) is 0 Å². The fraction of sp³-hybridized carbons (Fsp3) is 0.800. The van der Waals surface area contributed by atoms with Gasteiger partial charge in [-0.25, -0.2) is 0 Å². The predicted molar refractivity (Wildman–Crippen MR) is 74.7 cm³/mol. The van der Waals surface area contributed by atoms with Gasteiger partial charge in [-0.05, 0) is 37.5 Å². The zero-order chi connectivity index (χ0) is 12.6. The summed E-state index contributed by atoms with van der Waals surface area (Å²) >= 11 is 0. The van der Waals surface area contributed by atoms with Crippen LogP contribution in [-0.4, -0.2) is 15.8 Å². The Morgan fingerprint density at radius 2 is 2.11 bits per heavy atom. The van der Waals surface area contributed by atoms with Crippen molar-refractivity contribution in [1.29, 1.82) is 0 Å². The predicted octanol–water partition coefficient (Wildman–Crippen LogP) is 3.51. The van der Waals surface area contributed by atoms with Crippen LogP contribution in [0.25, 0.3) is 0 Å². The molecule has 2 fully saturated rings. The summed E-state index contributed by atoms with van der Waals surface area (Å²) in [5.41, 5.74) is 3.11. The van der Waals surface area contributed by atoms with Gasteiger partial charge in [0.15, 0.2) is 0 Å². The average Bonchev–Trinajstić information content (AvgIpc) is 2.76. The van der Waals surface area contributed by atoms with E-state index in [2.05, 4.69) is 23.5 Å². The molecule has 0 radical (unpaired) electrons. The minimum atomic E-state index is 0.624. The molecule has 0 bridgehead atoms. The van der Waals surface area contributed by atoms with Crippen LogP contribution in [0, 0.1) is 5.41 Å². The molecule has 2 aliphatic carbocycles. The van der Waals surface area contributed by atoms with Crippen molar-refractivity contribution in [3.63, 3.8) is 0 Å². The second-order valence-corrected chi connectivity index (χ2v) is 6.18. The maximum absolute atomic E-state index is 4.53. The first-order valence-electron chi connectivity index (χ1n) is 7.52. The summed E-state index contributed by atoms with van der Waals surface area (Å²) in [7, 11) is 2.02. The maximum atomic E-state index is 4.53. The number of aromatic nitrogens is 2. The Labute approximate surface area is 110 Å². The van der Waals surface area contributed by atoms with Gasteiger partial charge in [0, 0.05) is 19.3 Å². The number of hydrogen-bond donors (Lipinski definition) is 1. The number of nitrogens with one attached hydrogen (secondary N) is 1. The normalized spacial score (nSPS) is 26.0. The lowest BCUT2D eigenvalue weighted by Gasteiger charge is -2.52. The van der Waals surface area contributed by atoms with Crippen molar-refractivity contribution in [3.8, 4) is 0 Å². The number of aryl methyl sites for hydroxylation is 2. The number of anilines is 1. The van der Waals surface area contributed by atoms with E-state index in [1.54, 1.807) is 0 Å². The quantitative estimate of drug-likeness (QED) is 0.886. The third-order valence-corrected chi connectivity index (χ3v) is 5.09. The molecule has 1 unspecified atom stereocenters. The Balaban J connectivity index is 1.72. The molecule has 1 heterocycles. The first-order chi connectivity index (χ1) is 8.73. The summed E-state index contributed by atoms with van der Waals surface area (Å²) in [5.74, 6) is 0. The van der Waals surface area contributed by atoms with Crippen LogP contribution in [0.3, 0.4) is 0 Å². The van der Waals surface area contributed by atoms with Gasteiger partial charge in [0.25, 0.3) is 0 Å². The van der Waals surface area contributed by atoms with Gasteiger partial charge in [0.05, 0.1) is 11.4 Å². The summed E-state index contributed by atoms with van der Waals surface area (Å²) in [6.07, 6.45) is 13.1. The number of nitrogens with zero attached hydrogens (tertiary/aromatic N) is 2. The van der Waals surface area contributed by atoms with Crippen molar-refractivity contribution in [2.45, 2.75) is 64.3 Å². The van der Waals surface area contributed by atoms with Crippen LogP contribution in [0.5, 0.6) is 0 Å². The first-order valence-corrected chi connectivity index (χ1v) is 7.52. The van der Waals surface area contributed by atoms with Crippen molar-refractivity contribution in [3.05, 3.63) is 11.9 Å². The highest BCUT2D eigenvalue weighted by atomic mass is 15.3. The van der Waals surface area contributed by atoms with E-state index in [1.165, 1.54) is 56.3 Å². The second-order valence-electron chi connectivity index (χ2n) is 6.18. The molecule has 1 aromatic rings. The Hall–Kier alpha value is -0.990. The number of hydrogen-bond acceptors (Lipinski definition) is 2.